The Bertz CT molecular complexity index is 694. The van der Waals surface area contributed by atoms with Crippen LogP contribution in [0, 0.1) is 0 Å². The summed E-state index contributed by atoms with van der Waals surface area (Å²) in [5.74, 6) is 1.20. The van der Waals surface area contributed by atoms with Crippen molar-refractivity contribution in [3.8, 4) is 11.5 Å². The topological polar surface area (TPSA) is 59.9 Å². The van der Waals surface area contributed by atoms with Gasteiger partial charge in [0.2, 0.25) is 0 Å². The molecule has 0 radical (unpaired) electrons. The van der Waals surface area contributed by atoms with Crippen molar-refractivity contribution < 1.29 is 14.3 Å². The SMILES string of the molecule is CCCCOc1ccc(C=NNC(=O)COc2ccc(CC)cc2)cc1. The van der Waals surface area contributed by atoms with E-state index in [9.17, 15) is 4.79 Å². The maximum absolute atomic E-state index is 11.8. The molecule has 0 saturated carbocycles. The zero-order valence-corrected chi connectivity index (χ0v) is 15.4. The molecule has 5 nitrogen and oxygen atoms in total. The maximum atomic E-state index is 11.8. The summed E-state index contributed by atoms with van der Waals surface area (Å²) in [6.07, 6.45) is 4.71. The van der Waals surface area contributed by atoms with E-state index in [1.807, 2.05) is 48.5 Å². The molecule has 0 aliphatic heterocycles. The number of carbonyl (C=O) groups excluding carboxylic acids is 1. The Hall–Kier alpha value is -2.82. The Balaban J connectivity index is 1.72. The Morgan fingerprint density at radius 3 is 2.31 bits per heavy atom. The minimum absolute atomic E-state index is 0.0764. The molecule has 1 N–H and O–H groups in total. The average molecular weight is 354 g/mol. The molecule has 0 aliphatic carbocycles. The first-order valence-corrected chi connectivity index (χ1v) is 8.97. The molecule has 2 aromatic rings. The molecule has 0 fully saturated rings. The lowest BCUT2D eigenvalue weighted by Crippen LogP contribution is -2.24. The van der Waals surface area contributed by atoms with Gasteiger partial charge in [-0.25, -0.2) is 5.43 Å². The standard InChI is InChI=1S/C21H26N2O3/c1-3-5-14-25-19-12-8-18(9-13-19)15-22-23-21(24)16-26-20-10-6-17(4-2)7-11-20/h6-13,15H,3-5,14,16H2,1-2H3,(H,23,24). The minimum atomic E-state index is -0.305. The third kappa shape index (κ3) is 6.97. The lowest BCUT2D eigenvalue weighted by Gasteiger charge is -2.06. The predicted molar refractivity (Wildman–Crippen MR) is 104 cm³/mol. The Kier molecular flexibility index (Phi) is 8.19. The molecule has 138 valence electrons. The van der Waals surface area contributed by atoms with Crippen LogP contribution in [-0.4, -0.2) is 25.3 Å². The molecule has 2 aromatic carbocycles. The van der Waals surface area contributed by atoms with Crippen molar-refractivity contribution >= 4 is 12.1 Å². The number of hydrogen-bond donors (Lipinski definition) is 1. The number of rotatable bonds is 10. The van der Waals surface area contributed by atoms with E-state index in [4.69, 9.17) is 9.47 Å². The van der Waals surface area contributed by atoms with Gasteiger partial charge in [0.05, 0.1) is 12.8 Å². The normalized spacial score (nSPS) is 10.7. The van der Waals surface area contributed by atoms with Crippen LogP contribution in [0.2, 0.25) is 0 Å². The van der Waals surface area contributed by atoms with Gasteiger partial charge in [0.15, 0.2) is 6.61 Å². The molecule has 0 atom stereocenters. The fourth-order valence-electron chi connectivity index (χ4n) is 2.17. The van der Waals surface area contributed by atoms with Gasteiger partial charge >= 0.3 is 0 Å². The summed E-state index contributed by atoms with van der Waals surface area (Å²) in [7, 11) is 0. The third-order valence-corrected chi connectivity index (χ3v) is 3.75. The molecule has 0 spiro atoms. The van der Waals surface area contributed by atoms with Crippen LogP contribution in [0.3, 0.4) is 0 Å². The first-order valence-electron chi connectivity index (χ1n) is 8.97. The van der Waals surface area contributed by atoms with Gasteiger partial charge in [-0.3, -0.25) is 4.79 Å². The maximum Gasteiger partial charge on any atom is 0.277 e. The van der Waals surface area contributed by atoms with Crippen LogP contribution in [-0.2, 0) is 11.2 Å². The van der Waals surface area contributed by atoms with Gasteiger partial charge in [0, 0.05) is 0 Å². The number of hydrazone groups is 1. The first-order chi connectivity index (χ1) is 12.7. The summed E-state index contributed by atoms with van der Waals surface area (Å²) in [6.45, 7) is 4.87. The fraction of sp³-hybridized carbons (Fsp3) is 0.333. The molecule has 1 amide bonds. The predicted octanol–water partition coefficient (Wildman–Crippen LogP) is 3.96. The van der Waals surface area contributed by atoms with E-state index in [0.717, 1.165) is 37.2 Å². The van der Waals surface area contributed by atoms with Crippen molar-refractivity contribution in [1.29, 1.82) is 0 Å². The Morgan fingerprint density at radius 1 is 1.00 bits per heavy atom. The van der Waals surface area contributed by atoms with Crippen LogP contribution < -0.4 is 14.9 Å². The van der Waals surface area contributed by atoms with E-state index in [1.54, 1.807) is 6.21 Å². The molecule has 0 heterocycles. The van der Waals surface area contributed by atoms with Gasteiger partial charge < -0.3 is 9.47 Å². The molecular formula is C21H26N2O3. The minimum Gasteiger partial charge on any atom is -0.494 e. The van der Waals surface area contributed by atoms with Crippen molar-refractivity contribution in [2.24, 2.45) is 5.10 Å². The summed E-state index contributed by atoms with van der Waals surface area (Å²) in [5, 5.41) is 3.94. The van der Waals surface area contributed by atoms with Gasteiger partial charge in [-0.1, -0.05) is 32.4 Å². The highest BCUT2D eigenvalue weighted by atomic mass is 16.5. The largest absolute Gasteiger partial charge is 0.494 e. The molecule has 0 aromatic heterocycles. The summed E-state index contributed by atoms with van der Waals surface area (Å²) in [6, 6.07) is 15.3. The summed E-state index contributed by atoms with van der Waals surface area (Å²) in [4.78, 5) is 11.8. The van der Waals surface area contributed by atoms with Gasteiger partial charge in [-0.15, -0.1) is 0 Å². The van der Waals surface area contributed by atoms with Crippen molar-refractivity contribution in [2.45, 2.75) is 33.1 Å². The van der Waals surface area contributed by atoms with E-state index in [-0.39, 0.29) is 12.5 Å². The number of carbonyl (C=O) groups is 1. The van der Waals surface area contributed by atoms with Gasteiger partial charge in [0.25, 0.3) is 5.91 Å². The number of aryl methyl sites for hydroxylation is 1. The van der Waals surface area contributed by atoms with E-state index in [1.165, 1.54) is 5.56 Å². The molecule has 0 aliphatic rings. The molecular weight excluding hydrogens is 328 g/mol. The molecule has 2 rings (SSSR count). The molecule has 5 heteroatoms. The van der Waals surface area contributed by atoms with Crippen molar-refractivity contribution in [1.82, 2.24) is 5.43 Å². The quantitative estimate of drug-likeness (QED) is 0.399. The summed E-state index contributed by atoms with van der Waals surface area (Å²) in [5.41, 5.74) is 4.56. The monoisotopic (exact) mass is 354 g/mol. The molecule has 0 unspecified atom stereocenters. The highest BCUT2D eigenvalue weighted by molar-refractivity contribution is 5.83. The number of nitrogens with one attached hydrogen (secondary N) is 1. The number of benzene rings is 2. The summed E-state index contributed by atoms with van der Waals surface area (Å²) >= 11 is 0. The van der Waals surface area contributed by atoms with Gasteiger partial charge in [-0.2, -0.15) is 5.10 Å². The Labute approximate surface area is 155 Å². The lowest BCUT2D eigenvalue weighted by atomic mass is 10.2. The second-order valence-electron chi connectivity index (χ2n) is 5.85. The van der Waals surface area contributed by atoms with E-state index >= 15 is 0 Å². The number of nitrogens with zero attached hydrogens (tertiary/aromatic N) is 1. The van der Waals surface area contributed by atoms with Gasteiger partial charge in [0.1, 0.15) is 11.5 Å². The van der Waals surface area contributed by atoms with Crippen molar-refractivity contribution in [2.75, 3.05) is 13.2 Å². The number of unbranched alkanes of at least 4 members (excludes halogenated alkanes) is 1. The lowest BCUT2D eigenvalue weighted by molar-refractivity contribution is -0.123. The Morgan fingerprint density at radius 2 is 1.65 bits per heavy atom. The fourth-order valence-corrected chi connectivity index (χ4v) is 2.17. The smallest absolute Gasteiger partial charge is 0.277 e. The second-order valence-corrected chi connectivity index (χ2v) is 5.85. The highest BCUT2D eigenvalue weighted by Crippen LogP contribution is 2.13. The van der Waals surface area contributed by atoms with E-state index in [2.05, 4.69) is 24.4 Å². The van der Waals surface area contributed by atoms with Gasteiger partial charge in [-0.05, 0) is 60.4 Å². The third-order valence-electron chi connectivity index (χ3n) is 3.75. The number of hydrogen-bond acceptors (Lipinski definition) is 4. The number of amides is 1. The van der Waals surface area contributed by atoms with Crippen LogP contribution in [0.25, 0.3) is 0 Å². The van der Waals surface area contributed by atoms with E-state index in [0.29, 0.717) is 5.75 Å². The zero-order valence-electron chi connectivity index (χ0n) is 15.4. The zero-order chi connectivity index (χ0) is 18.6. The summed E-state index contributed by atoms with van der Waals surface area (Å²) < 4.78 is 11.0. The average Bonchev–Trinajstić information content (AvgIpc) is 2.68. The molecule has 0 saturated heterocycles. The second kappa shape index (κ2) is 10.9. The van der Waals surface area contributed by atoms with Crippen LogP contribution in [0.5, 0.6) is 11.5 Å². The molecule has 0 bridgehead atoms. The number of ether oxygens (including phenoxy) is 2. The van der Waals surface area contributed by atoms with E-state index < -0.39 is 0 Å². The molecule has 26 heavy (non-hydrogen) atoms. The van der Waals surface area contributed by atoms with Crippen molar-refractivity contribution in [3.05, 3.63) is 59.7 Å². The van der Waals surface area contributed by atoms with Crippen LogP contribution in [0.1, 0.15) is 37.8 Å². The van der Waals surface area contributed by atoms with Crippen LogP contribution >= 0.6 is 0 Å². The van der Waals surface area contributed by atoms with Crippen molar-refractivity contribution in [3.63, 3.8) is 0 Å². The first kappa shape index (κ1) is 19.5. The van der Waals surface area contributed by atoms with Crippen LogP contribution in [0.15, 0.2) is 53.6 Å². The highest BCUT2D eigenvalue weighted by Gasteiger charge is 2.01. The van der Waals surface area contributed by atoms with Crippen LogP contribution in [0.4, 0.5) is 0 Å².